The fourth-order valence-electron chi connectivity index (χ4n) is 3.47. The maximum atomic E-state index is 10.7. The highest BCUT2D eigenvalue weighted by atomic mass is 35.5. The normalized spacial score (nSPS) is 20.1. The summed E-state index contributed by atoms with van der Waals surface area (Å²) in [6.45, 7) is 2.55. The van der Waals surface area contributed by atoms with Gasteiger partial charge < -0.3 is 14.4 Å². The number of likely N-dealkylation sites (tertiary alicyclic amines) is 1. The number of hydrogen-bond acceptors (Lipinski definition) is 4. The van der Waals surface area contributed by atoms with E-state index < -0.39 is 6.10 Å². The molecule has 1 aliphatic heterocycles. The lowest BCUT2D eigenvalue weighted by Gasteiger charge is -2.35. The van der Waals surface area contributed by atoms with Gasteiger partial charge >= 0.3 is 0 Å². The number of aliphatic hydroxyl groups is 1. The average Bonchev–Trinajstić information content (AvgIpc) is 3.02. The van der Waals surface area contributed by atoms with Crippen LogP contribution in [0.1, 0.15) is 30.3 Å². The van der Waals surface area contributed by atoms with Gasteiger partial charge in [-0.05, 0) is 31.5 Å². The summed E-state index contributed by atoms with van der Waals surface area (Å²) in [5.41, 5.74) is 1.01. The Bertz CT molecular complexity index is 689. The Morgan fingerprint density at radius 3 is 3.00 bits per heavy atom. The molecule has 1 fully saturated rings. The van der Waals surface area contributed by atoms with Gasteiger partial charge in [-0.2, -0.15) is 0 Å². The van der Waals surface area contributed by atoms with Crippen LogP contribution in [0.2, 0.25) is 5.02 Å². The van der Waals surface area contributed by atoms with Gasteiger partial charge in [0.2, 0.25) is 0 Å². The Morgan fingerprint density at radius 2 is 2.29 bits per heavy atom. The van der Waals surface area contributed by atoms with E-state index in [9.17, 15) is 5.11 Å². The van der Waals surface area contributed by atoms with Crippen molar-refractivity contribution in [3.63, 3.8) is 0 Å². The molecule has 5 nitrogen and oxygen atoms in total. The SMILES string of the molecule is COc1cccc(Cl)c1CN1CCC[C@@H]([C@@H](O)c2nccn2C)C1. The molecule has 1 aromatic carbocycles. The number of benzene rings is 1. The number of methoxy groups -OCH3 is 1. The number of aryl methyl sites for hydroxylation is 1. The van der Waals surface area contributed by atoms with Crippen LogP contribution in [-0.2, 0) is 13.6 Å². The summed E-state index contributed by atoms with van der Waals surface area (Å²) >= 11 is 6.36. The predicted molar refractivity (Wildman–Crippen MR) is 94.2 cm³/mol. The van der Waals surface area contributed by atoms with Crippen LogP contribution in [0.5, 0.6) is 5.75 Å². The molecular weight excluding hydrogens is 326 g/mol. The molecule has 0 aliphatic carbocycles. The van der Waals surface area contributed by atoms with E-state index >= 15 is 0 Å². The highest BCUT2D eigenvalue weighted by Gasteiger charge is 2.29. The summed E-state index contributed by atoms with van der Waals surface area (Å²) in [6, 6.07) is 5.73. The molecule has 6 heteroatoms. The Morgan fingerprint density at radius 1 is 1.46 bits per heavy atom. The minimum absolute atomic E-state index is 0.174. The van der Waals surface area contributed by atoms with Crippen LogP contribution in [0.25, 0.3) is 0 Å². The van der Waals surface area contributed by atoms with Crippen molar-refractivity contribution in [3.05, 3.63) is 47.0 Å². The highest BCUT2D eigenvalue weighted by molar-refractivity contribution is 6.31. The Kier molecular flexibility index (Phi) is 5.43. The van der Waals surface area contributed by atoms with Crippen molar-refractivity contribution in [3.8, 4) is 5.75 Å². The van der Waals surface area contributed by atoms with Crippen molar-refractivity contribution < 1.29 is 9.84 Å². The Balaban J connectivity index is 1.71. The molecule has 0 amide bonds. The van der Waals surface area contributed by atoms with E-state index in [2.05, 4.69) is 9.88 Å². The van der Waals surface area contributed by atoms with Crippen molar-refractivity contribution in [2.45, 2.75) is 25.5 Å². The molecule has 2 atom stereocenters. The minimum Gasteiger partial charge on any atom is -0.496 e. The number of piperidine rings is 1. The molecule has 1 aliphatic rings. The molecule has 1 aromatic heterocycles. The number of hydrogen-bond donors (Lipinski definition) is 1. The third-order valence-corrected chi connectivity index (χ3v) is 5.14. The third kappa shape index (κ3) is 3.58. The molecule has 2 heterocycles. The molecule has 0 spiro atoms. The first-order valence-electron chi connectivity index (χ1n) is 8.29. The number of halogens is 1. The molecular formula is C18H24ClN3O2. The van der Waals surface area contributed by atoms with E-state index in [0.717, 1.165) is 54.6 Å². The Hall–Kier alpha value is -1.56. The van der Waals surface area contributed by atoms with Crippen molar-refractivity contribution in [1.29, 1.82) is 0 Å². The molecule has 0 radical (unpaired) electrons. The van der Waals surface area contributed by atoms with E-state index in [1.807, 2.05) is 36.0 Å². The lowest BCUT2D eigenvalue weighted by Crippen LogP contribution is -2.38. The molecule has 0 saturated carbocycles. The van der Waals surface area contributed by atoms with E-state index in [4.69, 9.17) is 16.3 Å². The molecule has 1 N–H and O–H groups in total. The summed E-state index contributed by atoms with van der Waals surface area (Å²) in [5, 5.41) is 11.4. The standard InChI is InChI=1S/C18H24ClN3O2/c1-21-10-8-20-18(21)17(23)13-5-4-9-22(11-13)12-14-15(19)6-3-7-16(14)24-2/h3,6-8,10,13,17,23H,4-5,9,11-12H2,1-2H3/t13-,17-/m1/s1. The third-order valence-electron chi connectivity index (χ3n) is 4.79. The number of nitrogens with zero attached hydrogens (tertiary/aromatic N) is 3. The van der Waals surface area contributed by atoms with E-state index in [1.54, 1.807) is 13.3 Å². The van der Waals surface area contributed by atoms with Gasteiger partial charge in [-0.15, -0.1) is 0 Å². The second kappa shape index (κ2) is 7.55. The summed E-state index contributed by atoms with van der Waals surface area (Å²) in [6.07, 6.45) is 5.12. The molecule has 1 saturated heterocycles. The van der Waals surface area contributed by atoms with Crippen LogP contribution < -0.4 is 4.74 Å². The number of ether oxygens (including phenoxy) is 1. The first kappa shape index (κ1) is 17.3. The van der Waals surface area contributed by atoms with Crippen LogP contribution in [0.3, 0.4) is 0 Å². The smallest absolute Gasteiger partial charge is 0.137 e. The maximum absolute atomic E-state index is 10.7. The summed E-state index contributed by atoms with van der Waals surface area (Å²) in [7, 11) is 3.58. The van der Waals surface area contributed by atoms with Crippen molar-refractivity contribution >= 4 is 11.6 Å². The lowest BCUT2D eigenvalue weighted by molar-refractivity contribution is 0.0403. The molecule has 0 bridgehead atoms. The highest BCUT2D eigenvalue weighted by Crippen LogP contribution is 2.32. The first-order chi connectivity index (χ1) is 11.6. The van der Waals surface area contributed by atoms with Gasteiger partial charge in [-0.25, -0.2) is 4.98 Å². The number of rotatable bonds is 5. The topological polar surface area (TPSA) is 50.5 Å². The first-order valence-corrected chi connectivity index (χ1v) is 8.67. The maximum Gasteiger partial charge on any atom is 0.137 e. The van der Waals surface area contributed by atoms with Crippen molar-refractivity contribution in [2.24, 2.45) is 13.0 Å². The molecule has 2 aromatic rings. The molecule has 130 valence electrons. The fraction of sp³-hybridized carbons (Fsp3) is 0.500. The second-order valence-electron chi connectivity index (χ2n) is 6.40. The summed E-state index contributed by atoms with van der Waals surface area (Å²) < 4.78 is 7.33. The zero-order valence-corrected chi connectivity index (χ0v) is 14.9. The fourth-order valence-corrected chi connectivity index (χ4v) is 3.70. The van der Waals surface area contributed by atoms with Crippen molar-refractivity contribution in [1.82, 2.24) is 14.5 Å². The number of imidazole rings is 1. The number of aliphatic hydroxyl groups excluding tert-OH is 1. The van der Waals surface area contributed by atoms with Gasteiger partial charge in [-0.1, -0.05) is 17.7 Å². The van der Waals surface area contributed by atoms with Gasteiger partial charge in [0.1, 0.15) is 17.7 Å². The van der Waals surface area contributed by atoms with Crippen LogP contribution in [-0.4, -0.2) is 39.8 Å². The molecule has 24 heavy (non-hydrogen) atoms. The van der Waals surface area contributed by atoms with Crippen molar-refractivity contribution in [2.75, 3.05) is 20.2 Å². The average molecular weight is 350 g/mol. The van der Waals surface area contributed by atoms with Crippen LogP contribution >= 0.6 is 11.6 Å². The monoisotopic (exact) mass is 349 g/mol. The van der Waals surface area contributed by atoms with Gasteiger partial charge in [0.25, 0.3) is 0 Å². The largest absolute Gasteiger partial charge is 0.496 e. The van der Waals surface area contributed by atoms with E-state index in [-0.39, 0.29) is 5.92 Å². The van der Waals surface area contributed by atoms with Gasteiger partial charge in [-0.3, -0.25) is 4.90 Å². The Labute approximate surface area is 147 Å². The molecule has 3 rings (SSSR count). The predicted octanol–water partition coefficient (Wildman–Crippen LogP) is 3.03. The van der Waals surface area contributed by atoms with Gasteiger partial charge in [0, 0.05) is 49.0 Å². The second-order valence-corrected chi connectivity index (χ2v) is 6.81. The summed E-state index contributed by atoms with van der Waals surface area (Å²) in [5.74, 6) is 1.72. The van der Waals surface area contributed by atoms with Gasteiger partial charge in [0.05, 0.1) is 7.11 Å². The lowest BCUT2D eigenvalue weighted by atomic mass is 9.91. The van der Waals surface area contributed by atoms with Gasteiger partial charge in [0.15, 0.2) is 0 Å². The van der Waals surface area contributed by atoms with Crippen LogP contribution in [0.4, 0.5) is 0 Å². The summed E-state index contributed by atoms with van der Waals surface area (Å²) in [4.78, 5) is 6.63. The quantitative estimate of drug-likeness (QED) is 0.901. The van der Waals surface area contributed by atoms with E-state index in [1.165, 1.54) is 0 Å². The number of aromatic nitrogens is 2. The zero-order valence-electron chi connectivity index (χ0n) is 14.2. The zero-order chi connectivity index (χ0) is 17.1. The van der Waals surface area contributed by atoms with Crippen LogP contribution in [0, 0.1) is 5.92 Å². The minimum atomic E-state index is -0.541. The van der Waals surface area contributed by atoms with Crippen LogP contribution in [0.15, 0.2) is 30.6 Å². The van der Waals surface area contributed by atoms with E-state index in [0.29, 0.717) is 0 Å². The molecule has 0 unspecified atom stereocenters.